The number of rotatable bonds is 7. The third-order valence-corrected chi connectivity index (χ3v) is 7.33. The van der Waals surface area contributed by atoms with E-state index in [0.29, 0.717) is 12.0 Å². The summed E-state index contributed by atoms with van der Waals surface area (Å²) in [6.45, 7) is 16.9. The Morgan fingerprint density at radius 1 is 1.31 bits per heavy atom. The molecule has 142 valence electrons. The standard InChI is InChI=1S/C25H37N/c1-7-17(3)19(5)15-25(8-2)20(6)23(26-16-21-12-13-21)14-22-11-9-10-18(4)24(22)25/h7,9-11,20-21,23,26H,1,8,12-16H2,2-6H3/b19-17+. The van der Waals surface area contributed by atoms with Crippen LogP contribution in [-0.4, -0.2) is 12.6 Å². The van der Waals surface area contributed by atoms with Crippen molar-refractivity contribution in [1.29, 1.82) is 0 Å². The Balaban J connectivity index is 2.04. The van der Waals surface area contributed by atoms with Gasteiger partial charge in [0.25, 0.3) is 0 Å². The summed E-state index contributed by atoms with van der Waals surface area (Å²) in [5.74, 6) is 1.56. The summed E-state index contributed by atoms with van der Waals surface area (Å²) < 4.78 is 0. The minimum absolute atomic E-state index is 0.217. The van der Waals surface area contributed by atoms with Gasteiger partial charge in [0.05, 0.1) is 0 Å². The minimum Gasteiger partial charge on any atom is -0.313 e. The van der Waals surface area contributed by atoms with Crippen LogP contribution in [0.1, 0.15) is 70.1 Å². The molecule has 0 aromatic heterocycles. The zero-order chi connectivity index (χ0) is 18.9. The second-order valence-electron chi connectivity index (χ2n) is 8.91. The van der Waals surface area contributed by atoms with Crippen LogP contribution in [0.25, 0.3) is 0 Å². The van der Waals surface area contributed by atoms with E-state index in [9.17, 15) is 0 Å². The van der Waals surface area contributed by atoms with E-state index in [-0.39, 0.29) is 5.41 Å². The molecule has 0 amide bonds. The topological polar surface area (TPSA) is 12.0 Å². The normalized spacial score (nSPS) is 29.1. The van der Waals surface area contributed by atoms with Gasteiger partial charge in [-0.05, 0) is 87.9 Å². The molecule has 3 rings (SSSR count). The lowest BCUT2D eigenvalue weighted by atomic mass is 9.57. The van der Waals surface area contributed by atoms with Gasteiger partial charge in [-0.25, -0.2) is 0 Å². The molecule has 1 heteroatoms. The first-order valence-electron chi connectivity index (χ1n) is 10.5. The zero-order valence-electron chi connectivity index (χ0n) is 17.5. The zero-order valence-corrected chi connectivity index (χ0v) is 17.5. The molecule has 2 aliphatic carbocycles. The van der Waals surface area contributed by atoms with Crippen molar-refractivity contribution in [3.63, 3.8) is 0 Å². The molecule has 0 bridgehead atoms. The molecule has 1 nitrogen and oxygen atoms in total. The minimum atomic E-state index is 0.217. The first-order chi connectivity index (χ1) is 12.4. The van der Waals surface area contributed by atoms with Crippen molar-refractivity contribution >= 4 is 0 Å². The molecule has 26 heavy (non-hydrogen) atoms. The van der Waals surface area contributed by atoms with Crippen molar-refractivity contribution in [3.05, 3.63) is 58.7 Å². The van der Waals surface area contributed by atoms with Crippen molar-refractivity contribution in [2.45, 2.75) is 78.2 Å². The van der Waals surface area contributed by atoms with Crippen LogP contribution in [0.4, 0.5) is 0 Å². The van der Waals surface area contributed by atoms with Gasteiger partial charge in [-0.2, -0.15) is 0 Å². The van der Waals surface area contributed by atoms with Crippen LogP contribution in [0.15, 0.2) is 42.0 Å². The molecule has 3 atom stereocenters. The summed E-state index contributed by atoms with van der Waals surface area (Å²) in [5, 5.41) is 3.96. The summed E-state index contributed by atoms with van der Waals surface area (Å²) in [6, 6.07) is 7.53. The highest BCUT2D eigenvalue weighted by atomic mass is 14.9. The van der Waals surface area contributed by atoms with Gasteiger partial charge in [-0.1, -0.05) is 55.8 Å². The van der Waals surface area contributed by atoms with Crippen LogP contribution in [0.3, 0.4) is 0 Å². The molecule has 0 saturated heterocycles. The quantitative estimate of drug-likeness (QED) is 0.584. The van der Waals surface area contributed by atoms with Gasteiger partial charge in [0, 0.05) is 11.5 Å². The van der Waals surface area contributed by atoms with Crippen molar-refractivity contribution in [2.24, 2.45) is 11.8 Å². The molecular formula is C25H37N. The summed E-state index contributed by atoms with van der Waals surface area (Å²) in [6.07, 6.45) is 8.37. The molecule has 3 unspecified atom stereocenters. The van der Waals surface area contributed by atoms with Crippen molar-refractivity contribution in [2.75, 3.05) is 6.54 Å². The van der Waals surface area contributed by atoms with Crippen LogP contribution >= 0.6 is 0 Å². The SMILES string of the molecule is C=C/C(C)=C(\C)CC1(CC)c2c(C)cccc2CC(NCC2CC2)C1C. The average molecular weight is 352 g/mol. The maximum atomic E-state index is 4.00. The monoisotopic (exact) mass is 351 g/mol. The fourth-order valence-corrected chi connectivity index (χ4v) is 5.19. The Hall–Kier alpha value is -1.34. The molecule has 1 aromatic carbocycles. The fourth-order valence-electron chi connectivity index (χ4n) is 5.19. The highest BCUT2D eigenvalue weighted by Gasteiger charge is 2.46. The maximum absolute atomic E-state index is 4.00. The lowest BCUT2D eigenvalue weighted by molar-refractivity contribution is 0.186. The Kier molecular flexibility index (Phi) is 5.77. The molecule has 1 N–H and O–H groups in total. The van der Waals surface area contributed by atoms with E-state index < -0.39 is 0 Å². The van der Waals surface area contributed by atoms with Crippen molar-refractivity contribution in [3.8, 4) is 0 Å². The first-order valence-corrected chi connectivity index (χ1v) is 10.5. The number of benzene rings is 1. The molecule has 0 spiro atoms. The highest BCUT2D eigenvalue weighted by Crippen LogP contribution is 2.49. The van der Waals surface area contributed by atoms with E-state index in [0.717, 1.165) is 12.3 Å². The van der Waals surface area contributed by atoms with Crippen LogP contribution in [0.5, 0.6) is 0 Å². The number of hydrogen-bond donors (Lipinski definition) is 1. The molecular weight excluding hydrogens is 314 g/mol. The van der Waals surface area contributed by atoms with Gasteiger partial charge in [0.1, 0.15) is 0 Å². The van der Waals surface area contributed by atoms with Gasteiger partial charge >= 0.3 is 0 Å². The summed E-state index contributed by atoms with van der Waals surface area (Å²) in [5.41, 5.74) is 7.73. The largest absolute Gasteiger partial charge is 0.313 e. The molecule has 1 aromatic rings. The van der Waals surface area contributed by atoms with Crippen LogP contribution < -0.4 is 5.32 Å². The lowest BCUT2D eigenvalue weighted by Gasteiger charge is -2.49. The summed E-state index contributed by atoms with van der Waals surface area (Å²) in [7, 11) is 0. The second kappa shape index (κ2) is 7.72. The number of aryl methyl sites for hydroxylation is 1. The highest BCUT2D eigenvalue weighted by molar-refractivity contribution is 5.46. The predicted octanol–water partition coefficient (Wildman–Crippen LogP) is 6.12. The predicted molar refractivity (Wildman–Crippen MR) is 114 cm³/mol. The fraction of sp³-hybridized carbons (Fsp3) is 0.600. The van der Waals surface area contributed by atoms with Gasteiger partial charge in [-0.15, -0.1) is 0 Å². The molecule has 1 fully saturated rings. The number of hydrogen-bond acceptors (Lipinski definition) is 1. The average Bonchev–Trinajstić information content (AvgIpc) is 3.46. The van der Waals surface area contributed by atoms with Crippen LogP contribution in [0, 0.1) is 18.8 Å². The van der Waals surface area contributed by atoms with Gasteiger partial charge in [-0.3, -0.25) is 0 Å². The van der Waals surface area contributed by atoms with Crippen molar-refractivity contribution < 1.29 is 0 Å². The third-order valence-electron chi connectivity index (χ3n) is 7.33. The number of nitrogens with one attached hydrogen (secondary N) is 1. The third kappa shape index (κ3) is 3.56. The van der Waals surface area contributed by atoms with Gasteiger partial charge in [0.2, 0.25) is 0 Å². The Morgan fingerprint density at radius 2 is 2.04 bits per heavy atom. The summed E-state index contributed by atoms with van der Waals surface area (Å²) >= 11 is 0. The van der Waals surface area contributed by atoms with Gasteiger partial charge in [0.15, 0.2) is 0 Å². The van der Waals surface area contributed by atoms with E-state index >= 15 is 0 Å². The first kappa shape index (κ1) is 19.4. The van der Waals surface area contributed by atoms with Crippen LogP contribution in [0.2, 0.25) is 0 Å². The maximum Gasteiger partial charge on any atom is 0.0142 e. The lowest BCUT2D eigenvalue weighted by Crippen LogP contribution is -2.52. The second-order valence-corrected chi connectivity index (χ2v) is 8.91. The number of fused-ring (bicyclic) bond motifs is 1. The van der Waals surface area contributed by atoms with E-state index in [1.165, 1.54) is 48.9 Å². The molecule has 2 aliphatic rings. The van der Waals surface area contributed by atoms with Crippen molar-refractivity contribution in [1.82, 2.24) is 5.32 Å². The van der Waals surface area contributed by atoms with Crippen LogP contribution in [-0.2, 0) is 11.8 Å². The van der Waals surface area contributed by atoms with E-state index in [1.54, 1.807) is 11.1 Å². The van der Waals surface area contributed by atoms with E-state index in [1.807, 2.05) is 6.08 Å². The molecule has 0 heterocycles. The Labute approximate surface area is 161 Å². The molecule has 1 saturated carbocycles. The Morgan fingerprint density at radius 3 is 2.65 bits per heavy atom. The van der Waals surface area contributed by atoms with E-state index in [4.69, 9.17) is 0 Å². The van der Waals surface area contributed by atoms with Gasteiger partial charge < -0.3 is 5.32 Å². The summed E-state index contributed by atoms with van der Waals surface area (Å²) in [4.78, 5) is 0. The smallest absolute Gasteiger partial charge is 0.0142 e. The molecule has 0 radical (unpaired) electrons. The number of allylic oxidation sites excluding steroid dienone is 3. The molecule has 0 aliphatic heterocycles. The Bertz CT molecular complexity index is 694. The van der Waals surface area contributed by atoms with E-state index in [2.05, 4.69) is 64.7 Å².